The molecule has 2 aromatic rings. The Kier molecular flexibility index (Phi) is 4.51. The first-order valence-corrected chi connectivity index (χ1v) is 6.16. The molecule has 0 spiro atoms. The third-order valence-electron chi connectivity index (χ3n) is 2.79. The number of ether oxygens (including phenoxy) is 1. The number of hydrogen-bond donors (Lipinski definition) is 0. The Hall–Kier alpha value is -2.61. The Morgan fingerprint density at radius 1 is 1.30 bits per heavy atom. The van der Waals surface area contributed by atoms with E-state index in [1.54, 1.807) is 41.4 Å². The summed E-state index contributed by atoms with van der Waals surface area (Å²) in [4.78, 5) is 5.97. The van der Waals surface area contributed by atoms with Crippen LogP contribution >= 0.6 is 0 Å². The maximum atomic E-state index is 13.4. The minimum Gasteiger partial charge on any atom is -0.489 e. The van der Waals surface area contributed by atoms with Crippen molar-refractivity contribution in [1.29, 1.82) is 5.26 Å². The van der Waals surface area contributed by atoms with E-state index in [4.69, 9.17) is 10.00 Å². The molecule has 0 atom stereocenters. The van der Waals surface area contributed by atoms with Crippen LogP contribution in [0.25, 0.3) is 0 Å². The van der Waals surface area contributed by atoms with E-state index in [0.29, 0.717) is 24.5 Å². The van der Waals surface area contributed by atoms with Crippen LogP contribution in [0, 0.1) is 17.1 Å². The average Bonchev–Trinajstić information content (AvgIpc) is 2.49. The highest BCUT2D eigenvalue weighted by atomic mass is 19.1. The highest BCUT2D eigenvalue weighted by Gasteiger charge is 2.08. The monoisotopic (exact) mass is 271 g/mol. The van der Waals surface area contributed by atoms with Crippen LogP contribution in [0.15, 0.2) is 42.6 Å². The molecule has 102 valence electrons. The fraction of sp³-hybridized carbons (Fsp3) is 0.200. The zero-order valence-electron chi connectivity index (χ0n) is 11.1. The van der Waals surface area contributed by atoms with E-state index in [1.807, 2.05) is 7.05 Å². The molecule has 0 unspecified atom stereocenters. The molecule has 0 saturated heterocycles. The van der Waals surface area contributed by atoms with E-state index >= 15 is 0 Å². The molecule has 1 aromatic heterocycles. The summed E-state index contributed by atoms with van der Waals surface area (Å²) in [5.74, 6) is 0.431. The Morgan fingerprint density at radius 3 is 2.85 bits per heavy atom. The minimum atomic E-state index is -0.384. The number of nitriles is 1. The van der Waals surface area contributed by atoms with Gasteiger partial charge in [0.15, 0.2) is 11.6 Å². The van der Waals surface area contributed by atoms with Crippen molar-refractivity contribution in [3.8, 4) is 11.8 Å². The number of rotatable bonds is 5. The lowest BCUT2D eigenvalue weighted by molar-refractivity contribution is 0.309. The molecule has 1 heterocycles. The zero-order chi connectivity index (χ0) is 14.4. The summed E-state index contributed by atoms with van der Waals surface area (Å²) >= 11 is 0. The lowest BCUT2D eigenvalue weighted by Gasteiger charge is -2.19. The van der Waals surface area contributed by atoms with Gasteiger partial charge in [-0.2, -0.15) is 5.26 Å². The lowest BCUT2D eigenvalue weighted by Crippen LogP contribution is -2.25. The van der Waals surface area contributed by atoms with E-state index in [1.165, 1.54) is 6.07 Å². The highest BCUT2D eigenvalue weighted by Crippen LogP contribution is 2.16. The SMILES string of the molecule is CN(CCOc1ccccc1F)c1ncccc1C#N. The summed E-state index contributed by atoms with van der Waals surface area (Å²) in [6, 6.07) is 11.8. The number of nitrogens with zero attached hydrogens (tertiary/aromatic N) is 3. The molecule has 0 aliphatic rings. The summed E-state index contributed by atoms with van der Waals surface area (Å²) in [5.41, 5.74) is 0.501. The molecule has 0 N–H and O–H groups in total. The molecule has 0 saturated carbocycles. The van der Waals surface area contributed by atoms with Gasteiger partial charge in [-0.15, -0.1) is 0 Å². The third-order valence-corrected chi connectivity index (χ3v) is 2.79. The summed E-state index contributed by atoms with van der Waals surface area (Å²) in [6.45, 7) is 0.804. The maximum Gasteiger partial charge on any atom is 0.165 e. The van der Waals surface area contributed by atoms with Crippen molar-refractivity contribution < 1.29 is 9.13 Å². The van der Waals surface area contributed by atoms with Gasteiger partial charge in [0.2, 0.25) is 0 Å². The number of pyridine rings is 1. The van der Waals surface area contributed by atoms with Crippen LogP contribution in [0.3, 0.4) is 0 Å². The predicted molar refractivity (Wildman–Crippen MR) is 74.1 cm³/mol. The highest BCUT2D eigenvalue weighted by molar-refractivity contribution is 5.52. The Morgan fingerprint density at radius 2 is 2.10 bits per heavy atom. The second kappa shape index (κ2) is 6.53. The minimum absolute atomic E-state index is 0.224. The maximum absolute atomic E-state index is 13.4. The first-order chi connectivity index (χ1) is 9.72. The molecule has 5 heteroatoms. The van der Waals surface area contributed by atoms with Crippen LogP contribution in [-0.2, 0) is 0 Å². The molecule has 20 heavy (non-hydrogen) atoms. The van der Waals surface area contributed by atoms with Crippen molar-refractivity contribution in [3.63, 3.8) is 0 Å². The van der Waals surface area contributed by atoms with Crippen LogP contribution in [0.1, 0.15) is 5.56 Å². The van der Waals surface area contributed by atoms with Gasteiger partial charge in [0.1, 0.15) is 18.5 Å². The molecule has 0 bridgehead atoms. The molecule has 0 amide bonds. The topological polar surface area (TPSA) is 49.1 Å². The summed E-state index contributed by atoms with van der Waals surface area (Å²) in [5, 5.41) is 9.01. The standard InChI is InChI=1S/C15H14FN3O/c1-19(15-12(11-17)5-4-8-18-15)9-10-20-14-7-3-2-6-13(14)16/h2-8H,9-10H2,1H3. The molecule has 0 radical (unpaired) electrons. The van der Waals surface area contributed by atoms with E-state index in [2.05, 4.69) is 11.1 Å². The first kappa shape index (κ1) is 13.8. The van der Waals surface area contributed by atoms with Gasteiger partial charge in [-0.1, -0.05) is 12.1 Å². The fourth-order valence-electron chi connectivity index (χ4n) is 1.75. The lowest BCUT2D eigenvalue weighted by atomic mass is 10.2. The number of aromatic nitrogens is 1. The van der Waals surface area contributed by atoms with E-state index in [0.717, 1.165) is 0 Å². The van der Waals surface area contributed by atoms with Crippen molar-refractivity contribution in [2.24, 2.45) is 0 Å². The second-order valence-corrected chi connectivity index (χ2v) is 4.19. The molecule has 2 rings (SSSR count). The van der Waals surface area contributed by atoms with Gasteiger partial charge >= 0.3 is 0 Å². The van der Waals surface area contributed by atoms with E-state index in [-0.39, 0.29) is 11.6 Å². The van der Waals surface area contributed by atoms with Crippen molar-refractivity contribution in [2.75, 3.05) is 25.1 Å². The quantitative estimate of drug-likeness (QED) is 0.838. The van der Waals surface area contributed by atoms with Gasteiger partial charge in [0.25, 0.3) is 0 Å². The normalized spacial score (nSPS) is 9.85. The molecular weight excluding hydrogens is 257 g/mol. The number of para-hydroxylation sites is 1. The summed E-state index contributed by atoms with van der Waals surface area (Å²) in [7, 11) is 1.81. The number of halogens is 1. The van der Waals surface area contributed by atoms with Gasteiger partial charge in [0, 0.05) is 13.2 Å². The largest absolute Gasteiger partial charge is 0.489 e. The van der Waals surface area contributed by atoms with Crippen molar-refractivity contribution in [3.05, 3.63) is 54.0 Å². The smallest absolute Gasteiger partial charge is 0.165 e. The molecule has 0 aliphatic carbocycles. The summed E-state index contributed by atoms with van der Waals surface area (Å²) < 4.78 is 18.7. The van der Waals surface area contributed by atoms with Crippen LogP contribution in [-0.4, -0.2) is 25.2 Å². The fourth-order valence-corrected chi connectivity index (χ4v) is 1.75. The number of benzene rings is 1. The van der Waals surface area contributed by atoms with Gasteiger partial charge in [-0.25, -0.2) is 9.37 Å². The molecule has 0 fully saturated rings. The first-order valence-electron chi connectivity index (χ1n) is 6.16. The number of likely N-dealkylation sites (N-methyl/N-ethyl adjacent to an activating group) is 1. The molecule has 4 nitrogen and oxygen atoms in total. The van der Waals surface area contributed by atoms with Gasteiger partial charge in [-0.05, 0) is 24.3 Å². The van der Waals surface area contributed by atoms with Gasteiger partial charge < -0.3 is 9.64 Å². The van der Waals surface area contributed by atoms with Crippen molar-refractivity contribution >= 4 is 5.82 Å². The van der Waals surface area contributed by atoms with Crippen LogP contribution in [0.2, 0.25) is 0 Å². The second-order valence-electron chi connectivity index (χ2n) is 4.19. The summed E-state index contributed by atoms with van der Waals surface area (Å²) in [6.07, 6.45) is 1.63. The van der Waals surface area contributed by atoms with Crippen LogP contribution in [0.5, 0.6) is 5.75 Å². The molecule has 1 aromatic carbocycles. The van der Waals surface area contributed by atoms with Gasteiger partial charge in [0.05, 0.1) is 12.1 Å². The van der Waals surface area contributed by atoms with Gasteiger partial charge in [-0.3, -0.25) is 0 Å². The van der Waals surface area contributed by atoms with Crippen molar-refractivity contribution in [1.82, 2.24) is 4.98 Å². The zero-order valence-corrected chi connectivity index (χ0v) is 11.1. The third kappa shape index (κ3) is 3.23. The number of anilines is 1. The Labute approximate surface area is 117 Å². The van der Waals surface area contributed by atoms with Crippen LogP contribution < -0.4 is 9.64 Å². The predicted octanol–water partition coefficient (Wildman–Crippen LogP) is 2.61. The van der Waals surface area contributed by atoms with Crippen molar-refractivity contribution in [2.45, 2.75) is 0 Å². The number of hydrogen-bond acceptors (Lipinski definition) is 4. The van der Waals surface area contributed by atoms with E-state index < -0.39 is 0 Å². The molecular formula is C15H14FN3O. The Bertz CT molecular complexity index is 625. The Balaban J connectivity index is 1.95. The molecule has 0 aliphatic heterocycles. The van der Waals surface area contributed by atoms with E-state index in [9.17, 15) is 4.39 Å². The van der Waals surface area contributed by atoms with Crippen LogP contribution in [0.4, 0.5) is 10.2 Å². The average molecular weight is 271 g/mol.